The lowest BCUT2D eigenvalue weighted by Gasteiger charge is -2.32. The average Bonchev–Trinajstić information content (AvgIpc) is 2.59. The average molecular weight is 396 g/mol. The van der Waals surface area contributed by atoms with E-state index in [1.54, 1.807) is 30.6 Å². The molecule has 0 radical (unpaired) electrons. The zero-order valence-electron chi connectivity index (χ0n) is 15.2. The Morgan fingerprint density at radius 1 is 1.32 bits per heavy atom. The van der Waals surface area contributed by atoms with E-state index in [1.807, 2.05) is 6.26 Å². The molecule has 0 aliphatic carbocycles. The zero-order chi connectivity index (χ0) is 18.1. The van der Waals surface area contributed by atoms with Gasteiger partial charge in [0.25, 0.3) is 0 Å². The number of likely N-dealkylation sites (tertiary alicyclic amines) is 1. The molecular formula is C16H30ClN3O4S. The number of nitrogens with two attached hydrogens (primary N) is 1. The van der Waals surface area contributed by atoms with Crippen LogP contribution in [0.25, 0.3) is 0 Å². The van der Waals surface area contributed by atoms with Crippen molar-refractivity contribution in [1.82, 2.24) is 9.80 Å². The highest BCUT2D eigenvalue weighted by atomic mass is 35.5. The van der Waals surface area contributed by atoms with Crippen molar-refractivity contribution in [2.75, 3.05) is 45.3 Å². The molecule has 0 aromatic carbocycles. The lowest BCUT2D eigenvalue weighted by molar-refractivity contribution is -0.151. The van der Waals surface area contributed by atoms with Gasteiger partial charge in [0.05, 0.1) is 25.1 Å². The summed E-state index contributed by atoms with van der Waals surface area (Å²) in [5.74, 6) is 0.185. The fourth-order valence-electron chi connectivity index (χ4n) is 2.66. The number of hydrogen-bond donors (Lipinski definition) is 1. The number of esters is 1. The second-order valence-electron chi connectivity index (χ2n) is 5.99. The van der Waals surface area contributed by atoms with E-state index in [-0.39, 0.29) is 42.7 Å². The summed E-state index contributed by atoms with van der Waals surface area (Å²) in [6.45, 7) is 3.22. The molecule has 0 aromatic rings. The van der Waals surface area contributed by atoms with Crippen LogP contribution >= 0.6 is 24.2 Å². The maximum absolute atomic E-state index is 12.3. The molecule has 1 unspecified atom stereocenters. The monoisotopic (exact) mass is 395 g/mol. The summed E-state index contributed by atoms with van der Waals surface area (Å²) in [6, 6.07) is -0.565. The maximum atomic E-state index is 12.3. The van der Waals surface area contributed by atoms with Crippen molar-refractivity contribution < 1.29 is 19.1 Å². The smallest absolute Gasteiger partial charge is 0.309 e. The summed E-state index contributed by atoms with van der Waals surface area (Å²) in [5.41, 5.74) is 5.86. The van der Waals surface area contributed by atoms with Gasteiger partial charge in [-0.1, -0.05) is 0 Å². The van der Waals surface area contributed by atoms with Crippen LogP contribution in [0.2, 0.25) is 0 Å². The number of nitrogens with zero attached hydrogens (tertiary/aromatic N) is 2. The predicted molar refractivity (Wildman–Crippen MR) is 102 cm³/mol. The standard InChI is InChI=1S/C16H29N3O4S.ClH/c1-4-23-16(22)12-5-8-19(9-6-12)14(20)11-18(2)15(21)13(17)7-10-24-3;/h12-13H,4-11,17H2,1-3H3;1H. The summed E-state index contributed by atoms with van der Waals surface area (Å²) >= 11 is 1.64. The van der Waals surface area contributed by atoms with Gasteiger partial charge in [-0.15, -0.1) is 12.4 Å². The van der Waals surface area contributed by atoms with Gasteiger partial charge in [-0.25, -0.2) is 0 Å². The van der Waals surface area contributed by atoms with Gasteiger partial charge in [-0.05, 0) is 38.2 Å². The molecule has 0 saturated carbocycles. The molecule has 1 saturated heterocycles. The van der Waals surface area contributed by atoms with Crippen molar-refractivity contribution >= 4 is 42.0 Å². The number of amides is 2. The number of carbonyl (C=O) groups is 3. The Balaban J connectivity index is 0.00000576. The van der Waals surface area contributed by atoms with E-state index in [0.717, 1.165) is 5.75 Å². The van der Waals surface area contributed by atoms with Crippen LogP contribution in [0.5, 0.6) is 0 Å². The van der Waals surface area contributed by atoms with Crippen molar-refractivity contribution in [3.63, 3.8) is 0 Å². The number of thioether (sulfide) groups is 1. The Morgan fingerprint density at radius 3 is 2.44 bits per heavy atom. The third kappa shape index (κ3) is 7.83. The predicted octanol–water partition coefficient (Wildman–Crippen LogP) is 0.749. The van der Waals surface area contributed by atoms with Gasteiger partial charge in [0, 0.05) is 20.1 Å². The number of likely N-dealkylation sites (N-methyl/N-ethyl adjacent to an activating group) is 1. The first kappa shape index (κ1) is 24.0. The molecule has 2 amide bonds. The molecule has 9 heteroatoms. The highest BCUT2D eigenvalue weighted by Gasteiger charge is 2.29. The topological polar surface area (TPSA) is 92.9 Å². The Kier molecular flexibility index (Phi) is 11.9. The molecule has 1 heterocycles. The Hall–Kier alpha value is -0.990. The minimum Gasteiger partial charge on any atom is -0.466 e. The number of piperidine rings is 1. The van der Waals surface area contributed by atoms with Crippen LogP contribution in [0.3, 0.4) is 0 Å². The van der Waals surface area contributed by atoms with Gasteiger partial charge in [0.2, 0.25) is 11.8 Å². The fourth-order valence-corrected chi connectivity index (χ4v) is 3.15. The minimum absolute atomic E-state index is 0. The van der Waals surface area contributed by atoms with Crippen molar-refractivity contribution in [2.24, 2.45) is 11.7 Å². The molecule has 1 rings (SSSR count). The van der Waals surface area contributed by atoms with Crippen molar-refractivity contribution in [2.45, 2.75) is 32.2 Å². The SMILES string of the molecule is CCOC(=O)C1CCN(C(=O)CN(C)C(=O)C(N)CCSC)CC1.Cl. The second kappa shape index (κ2) is 12.4. The third-order valence-electron chi connectivity index (χ3n) is 4.17. The van der Waals surface area contributed by atoms with E-state index >= 15 is 0 Å². The quantitative estimate of drug-likeness (QED) is 0.609. The van der Waals surface area contributed by atoms with Gasteiger partial charge in [-0.3, -0.25) is 14.4 Å². The van der Waals surface area contributed by atoms with Crippen LogP contribution < -0.4 is 5.73 Å². The maximum Gasteiger partial charge on any atom is 0.309 e. The Morgan fingerprint density at radius 2 is 1.92 bits per heavy atom. The molecule has 1 aliphatic heterocycles. The van der Waals surface area contributed by atoms with Crippen molar-refractivity contribution in [3.05, 3.63) is 0 Å². The highest BCUT2D eigenvalue weighted by molar-refractivity contribution is 7.98. The van der Waals surface area contributed by atoms with E-state index < -0.39 is 6.04 Å². The van der Waals surface area contributed by atoms with E-state index in [2.05, 4.69) is 0 Å². The van der Waals surface area contributed by atoms with Gasteiger partial charge in [0.1, 0.15) is 0 Å². The molecule has 146 valence electrons. The van der Waals surface area contributed by atoms with Gasteiger partial charge >= 0.3 is 5.97 Å². The van der Waals surface area contributed by atoms with E-state index in [1.165, 1.54) is 4.90 Å². The molecule has 25 heavy (non-hydrogen) atoms. The molecule has 0 spiro atoms. The van der Waals surface area contributed by atoms with Gasteiger partial charge in [0.15, 0.2) is 0 Å². The fraction of sp³-hybridized carbons (Fsp3) is 0.812. The minimum atomic E-state index is -0.565. The normalized spacial score (nSPS) is 15.9. The molecule has 1 atom stereocenters. The van der Waals surface area contributed by atoms with E-state index in [0.29, 0.717) is 39.0 Å². The first-order valence-electron chi connectivity index (χ1n) is 8.34. The molecule has 0 bridgehead atoms. The summed E-state index contributed by atoms with van der Waals surface area (Å²) in [5, 5.41) is 0. The van der Waals surface area contributed by atoms with Crippen molar-refractivity contribution in [3.8, 4) is 0 Å². The molecule has 0 aromatic heterocycles. The first-order chi connectivity index (χ1) is 11.4. The van der Waals surface area contributed by atoms with E-state index in [4.69, 9.17) is 10.5 Å². The second-order valence-corrected chi connectivity index (χ2v) is 6.97. The van der Waals surface area contributed by atoms with Crippen LogP contribution in [0.4, 0.5) is 0 Å². The molecule has 2 N–H and O–H groups in total. The summed E-state index contributed by atoms with van der Waals surface area (Å²) in [6.07, 6.45) is 3.78. The number of carbonyl (C=O) groups excluding carboxylic acids is 3. The van der Waals surface area contributed by atoms with Crippen LogP contribution in [0.1, 0.15) is 26.2 Å². The highest BCUT2D eigenvalue weighted by Crippen LogP contribution is 2.19. The molecule has 1 aliphatic rings. The van der Waals surface area contributed by atoms with Crippen molar-refractivity contribution in [1.29, 1.82) is 0 Å². The summed E-state index contributed by atoms with van der Waals surface area (Å²) in [7, 11) is 1.60. The molecule has 1 fully saturated rings. The Labute approximate surface area is 160 Å². The Bertz CT molecular complexity index is 445. The number of halogens is 1. The lowest BCUT2D eigenvalue weighted by Crippen LogP contribution is -2.49. The summed E-state index contributed by atoms with van der Waals surface area (Å²) < 4.78 is 5.02. The van der Waals surface area contributed by atoms with Crippen LogP contribution in [-0.4, -0.2) is 78.9 Å². The van der Waals surface area contributed by atoms with Gasteiger partial charge < -0.3 is 20.3 Å². The lowest BCUT2D eigenvalue weighted by atomic mass is 9.97. The molecule has 7 nitrogen and oxygen atoms in total. The first-order valence-corrected chi connectivity index (χ1v) is 9.74. The van der Waals surface area contributed by atoms with Crippen LogP contribution in [0, 0.1) is 5.92 Å². The molecular weight excluding hydrogens is 366 g/mol. The largest absolute Gasteiger partial charge is 0.466 e. The van der Waals surface area contributed by atoms with Gasteiger partial charge in [-0.2, -0.15) is 11.8 Å². The van der Waals surface area contributed by atoms with Crippen LogP contribution in [-0.2, 0) is 19.1 Å². The number of hydrogen-bond acceptors (Lipinski definition) is 6. The zero-order valence-corrected chi connectivity index (χ0v) is 16.9. The van der Waals surface area contributed by atoms with Crippen LogP contribution in [0.15, 0.2) is 0 Å². The number of ether oxygens (including phenoxy) is 1. The number of rotatable bonds is 8. The van der Waals surface area contributed by atoms with E-state index in [9.17, 15) is 14.4 Å². The summed E-state index contributed by atoms with van der Waals surface area (Å²) in [4.78, 5) is 39.3. The third-order valence-corrected chi connectivity index (χ3v) is 4.81.